The number of hydrogen-bond donors (Lipinski definition) is 2. The largest absolute Gasteiger partial charge is 0.480 e. The Morgan fingerprint density at radius 1 is 1.00 bits per heavy atom. The van der Waals surface area contributed by atoms with Gasteiger partial charge in [0.25, 0.3) is 15.9 Å². The van der Waals surface area contributed by atoms with Gasteiger partial charge in [0, 0.05) is 10.8 Å². The Kier molecular flexibility index (Phi) is 7.43. The molecule has 2 N–H and O–H groups in total. The highest BCUT2D eigenvalue weighted by Gasteiger charge is 2.40. The average Bonchev–Trinajstić information content (AvgIpc) is 3.04. The summed E-state index contributed by atoms with van der Waals surface area (Å²) in [7, 11) is -8.25. The maximum absolute atomic E-state index is 12.8. The molecule has 1 aliphatic rings. The highest BCUT2D eigenvalue weighted by atomic mass is 35.5. The summed E-state index contributed by atoms with van der Waals surface area (Å²) in [6.07, 6.45) is 0. The van der Waals surface area contributed by atoms with E-state index in [0.29, 0.717) is 9.33 Å². The number of halogens is 1. The van der Waals surface area contributed by atoms with Crippen LogP contribution in [-0.2, 0) is 24.8 Å². The fourth-order valence-electron chi connectivity index (χ4n) is 3.49. The first kappa shape index (κ1) is 26.2. The molecule has 1 atom stereocenters. The van der Waals surface area contributed by atoms with Gasteiger partial charge in [-0.15, -0.1) is 11.8 Å². The van der Waals surface area contributed by atoms with Gasteiger partial charge in [-0.25, -0.2) is 21.1 Å². The minimum Gasteiger partial charge on any atom is -0.480 e. The summed E-state index contributed by atoms with van der Waals surface area (Å²) in [5.74, 6) is -2.83. The molecular formula is C23H19ClN2O7S3. The summed E-state index contributed by atoms with van der Waals surface area (Å²) in [4.78, 5) is 24.0. The van der Waals surface area contributed by atoms with E-state index < -0.39 is 38.0 Å². The summed E-state index contributed by atoms with van der Waals surface area (Å²) >= 11 is 6.69. The molecule has 36 heavy (non-hydrogen) atoms. The quantitative estimate of drug-likeness (QED) is 0.402. The van der Waals surface area contributed by atoms with E-state index in [-0.39, 0.29) is 27.0 Å². The van der Waals surface area contributed by atoms with E-state index in [1.165, 1.54) is 30.3 Å². The monoisotopic (exact) mass is 566 g/mol. The van der Waals surface area contributed by atoms with Gasteiger partial charge in [0.05, 0.1) is 16.3 Å². The van der Waals surface area contributed by atoms with Crippen LogP contribution in [0.1, 0.15) is 10.4 Å². The van der Waals surface area contributed by atoms with Crippen LogP contribution >= 0.6 is 23.4 Å². The van der Waals surface area contributed by atoms with Gasteiger partial charge < -0.3 is 5.11 Å². The van der Waals surface area contributed by atoms with Gasteiger partial charge in [-0.1, -0.05) is 48.0 Å². The molecule has 0 fully saturated rings. The molecule has 188 valence electrons. The molecule has 0 radical (unpaired) electrons. The van der Waals surface area contributed by atoms with Crippen LogP contribution in [0, 0.1) is 0 Å². The summed E-state index contributed by atoms with van der Waals surface area (Å²) < 4.78 is 53.6. The van der Waals surface area contributed by atoms with Crippen LogP contribution in [0.3, 0.4) is 0 Å². The Morgan fingerprint density at radius 3 is 2.17 bits per heavy atom. The molecule has 0 spiro atoms. The second-order valence-corrected chi connectivity index (χ2v) is 12.7. The SMILES string of the molecule is O=C(O)[C@H](CSCN1C(=O)c2ccccc2S1(=O)=O)NS(=O)(=O)c1ccc(-c2ccc(Cl)cc2)cc1. The number of benzene rings is 3. The third-order valence-electron chi connectivity index (χ3n) is 5.34. The first-order valence-corrected chi connectivity index (χ1v) is 14.8. The van der Waals surface area contributed by atoms with Gasteiger partial charge in [0.1, 0.15) is 10.9 Å². The number of fused-ring (bicyclic) bond motifs is 1. The molecule has 0 aromatic heterocycles. The van der Waals surface area contributed by atoms with Crippen molar-refractivity contribution in [1.29, 1.82) is 0 Å². The van der Waals surface area contributed by atoms with E-state index in [9.17, 15) is 31.5 Å². The maximum atomic E-state index is 12.8. The van der Waals surface area contributed by atoms with Gasteiger partial charge >= 0.3 is 5.97 Å². The molecule has 1 heterocycles. The number of nitrogens with zero attached hydrogens (tertiary/aromatic N) is 1. The minimum absolute atomic E-state index is 0.0376. The smallest absolute Gasteiger partial charge is 0.322 e. The predicted molar refractivity (Wildman–Crippen MR) is 136 cm³/mol. The Balaban J connectivity index is 1.42. The normalized spacial score (nSPS) is 15.5. The number of carbonyl (C=O) groups excluding carboxylic acids is 1. The molecule has 3 aromatic rings. The Hall–Kier alpha value is -2.90. The summed E-state index contributed by atoms with van der Waals surface area (Å²) in [6, 6.07) is 17.1. The van der Waals surface area contributed by atoms with E-state index in [2.05, 4.69) is 4.72 Å². The average molecular weight is 567 g/mol. The summed E-state index contributed by atoms with van der Waals surface area (Å²) in [5.41, 5.74) is 1.61. The Morgan fingerprint density at radius 2 is 1.58 bits per heavy atom. The number of rotatable bonds is 9. The molecule has 1 aliphatic heterocycles. The second kappa shape index (κ2) is 10.2. The number of amides is 1. The van der Waals surface area contributed by atoms with Crippen molar-refractivity contribution in [2.75, 3.05) is 11.6 Å². The maximum Gasteiger partial charge on any atom is 0.322 e. The number of sulfonamides is 2. The topological polar surface area (TPSA) is 138 Å². The number of hydrogen-bond acceptors (Lipinski definition) is 7. The lowest BCUT2D eigenvalue weighted by Crippen LogP contribution is -2.43. The Bertz CT molecular complexity index is 1520. The zero-order valence-corrected chi connectivity index (χ0v) is 21.6. The van der Waals surface area contributed by atoms with Crippen molar-refractivity contribution in [3.8, 4) is 11.1 Å². The van der Waals surface area contributed by atoms with Crippen molar-refractivity contribution >= 4 is 55.3 Å². The molecule has 4 rings (SSSR count). The fourth-order valence-corrected chi connectivity index (χ4v) is 7.78. The predicted octanol–water partition coefficient (Wildman–Crippen LogP) is 3.27. The summed E-state index contributed by atoms with van der Waals surface area (Å²) in [5, 5.41) is 10.1. The number of carbonyl (C=O) groups is 2. The van der Waals surface area contributed by atoms with Gasteiger partial charge in [0.15, 0.2) is 0 Å². The third kappa shape index (κ3) is 5.27. The van der Waals surface area contributed by atoms with Gasteiger partial charge in [-0.3, -0.25) is 9.59 Å². The van der Waals surface area contributed by atoms with E-state index in [0.717, 1.165) is 22.9 Å². The molecule has 0 aliphatic carbocycles. The lowest BCUT2D eigenvalue weighted by atomic mass is 10.1. The third-order valence-corrected chi connectivity index (χ3v) is 10.0. The first-order chi connectivity index (χ1) is 17.0. The van der Waals surface area contributed by atoms with Crippen LogP contribution < -0.4 is 4.72 Å². The van der Waals surface area contributed by atoms with Crippen molar-refractivity contribution in [3.05, 3.63) is 83.4 Å². The van der Waals surface area contributed by atoms with E-state index in [1.807, 2.05) is 0 Å². The van der Waals surface area contributed by atoms with Crippen LogP contribution in [0.5, 0.6) is 0 Å². The molecule has 1 amide bonds. The van der Waals surface area contributed by atoms with Crippen LogP contribution in [-0.4, -0.2) is 55.8 Å². The van der Waals surface area contributed by atoms with Crippen molar-refractivity contribution in [2.24, 2.45) is 0 Å². The zero-order chi connectivity index (χ0) is 26.1. The number of aliphatic carboxylic acids is 1. The molecular weight excluding hydrogens is 548 g/mol. The molecule has 0 bridgehead atoms. The van der Waals surface area contributed by atoms with Gasteiger partial charge in [0.2, 0.25) is 10.0 Å². The first-order valence-electron chi connectivity index (χ1n) is 10.4. The van der Waals surface area contributed by atoms with Crippen LogP contribution in [0.25, 0.3) is 11.1 Å². The van der Waals surface area contributed by atoms with E-state index >= 15 is 0 Å². The van der Waals surface area contributed by atoms with E-state index in [1.54, 1.807) is 42.5 Å². The lowest BCUT2D eigenvalue weighted by molar-refractivity contribution is -0.138. The fraction of sp³-hybridized carbons (Fsp3) is 0.130. The molecule has 13 heteroatoms. The van der Waals surface area contributed by atoms with Gasteiger partial charge in [-0.05, 0) is 47.5 Å². The van der Waals surface area contributed by atoms with Crippen molar-refractivity contribution in [3.63, 3.8) is 0 Å². The summed E-state index contributed by atoms with van der Waals surface area (Å²) in [6.45, 7) is 0. The number of carboxylic acids is 1. The Labute approximate surface area is 217 Å². The van der Waals surface area contributed by atoms with Crippen molar-refractivity contribution in [2.45, 2.75) is 15.8 Å². The number of thioether (sulfide) groups is 1. The lowest BCUT2D eigenvalue weighted by Gasteiger charge is -2.18. The molecule has 3 aromatic carbocycles. The van der Waals surface area contributed by atoms with Gasteiger partial charge in [-0.2, -0.15) is 4.72 Å². The highest BCUT2D eigenvalue weighted by molar-refractivity contribution is 8.00. The second-order valence-electron chi connectivity index (χ2n) is 7.70. The molecule has 0 saturated carbocycles. The standard InChI is InChI=1S/C23H19ClN2O7S3/c24-17-9-5-15(6-10-17)16-7-11-18(12-8-16)35(30,31)25-20(23(28)29)13-34-14-26-22(27)19-3-1-2-4-21(19)36(26,32)33/h1-12,20,25H,13-14H2,(H,28,29)/t20-/m0/s1. The van der Waals surface area contributed by atoms with Crippen molar-refractivity contribution in [1.82, 2.24) is 9.03 Å². The van der Waals surface area contributed by atoms with E-state index in [4.69, 9.17) is 11.6 Å². The van der Waals surface area contributed by atoms with Crippen molar-refractivity contribution < 1.29 is 31.5 Å². The number of carboxylic acid groups (broad SMARTS) is 1. The molecule has 0 saturated heterocycles. The number of nitrogens with one attached hydrogen (secondary N) is 1. The highest BCUT2D eigenvalue weighted by Crippen LogP contribution is 2.31. The van der Waals surface area contributed by atoms with Crippen LogP contribution in [0.2, 0.25) is 5.02 Å². The zero-order valence-electron chi connectivity index (χ0n) is 18.4. The van der Waals surface area contributed by atoms with Crippen LogP contribution in [0.4, 0.5) is 0 Å². The minimum atomic E-state index is -4.20. The molecule has 9 nitrogen and oxygen atoms in total. The van der Waals surface area contributed by atoms with Crippen LogP contribution in [0.15, 0.2) is 82.6 Å². The molecule has 0 unspecified atom stereocenters.